The van der Waals surface area contributed by atoms with Crippen LogP contribution < -0.4 is 31.8 Å². The third-order valence-electron chi connectivity index (χ3n) is 19.1. The highest BCUT2D eigenvalue weighted by Gasteiger charge is 2.38. The van der Waals surface area contributed by atoms with Gasteiger partial charge in [0, 0.05) is 0 Å². The largest absolute Gasteiger partial charge is 0.0587 e. The Morgan fingerprint density at radius 2 is 0.284 bits per heavy atom. The van der Waals surface area contributed by atoms with Gasteiger partial charge in [-0.05, 0) is 242 Å². The SMILES string of the molecule is CC(C)c1cc(C(C)C)c(P(c2c(C(C)C)cc(/C=C\c3cc(C(C)C)c(P(c4c(C(C)C)cc(C(C)C)cc4C(C)C)c4c(C(C)C)cc(C(C)C)cc4C(C)C)c(C(C)C)c3)cc2C(C)C)c2c(C(C)C)cc(C(C)C)cc2C(C)C)c(C(C)C)c1. The van der Waals surface area contributed by atoms with Crippen molar-refractivity contribution >= 4 is 59.8 Å². The van der Waals surface area contributed by atoms with Crippen molar-refractivity contribution in [2.45, 2.75) is 316 Å². The average Bonchev–Trinajstić information content (AvgIpc) is 3.43. The van der Waals surface area contributed by atoms with Crippen LogP contribution in [0, 0.1) is 0 Å². The van der Waals surface area contributed by atoms with Crippen LogP contribution in [0.1, 0.15) is 416 Å². The Hall–Kier alpha value is -4.08. The molecule has 0 atom stereocenters. The Morgan fingerprint density at radius 3 is 0.386 bits per heavy atom. The van der Waals surface area contributed by atoms with Crippen molar-refractivity contribution in [1.82, 2.24) is 0 Å². The molecule has 0 aliphatic heterocycles. The van der Waals surface area contributed by atoms with E-state index in [1.807, 2.05) is 0 Å². The van der Waals surface area contributed by atoms with E-state index in [1.54, 1.807) is 76.3 Å². The number of hydrogen-bond acceptors (Lipinski definition) is 0. The molecule has 0 heterocycles. The molecule has 0 saturated heterocycles. The molecule has 0 saturated carbocycles. The molecule has 0 unspecified atom stereocenters. The zero-order valence-electron chi connectivity index (χ0n) is 62.2. The van der Waals surface area contributed by atoms with E-state index < -0.39 is 15.8 Å². The highest BCUT2D eigenvalue weighted by atomic mass is 31.1. The van der Waals surface area contributed by atoms with Gasteiger partial charge < -0.3 is 0 Å². The van der Waals surface area contributed by atoms with Crippen molar-refractivity contribution in [3.63, 3.8) is 0 Å². The first-order chi connectivity index (χ1) is 40.9. The molecule has 480 valence electrons. The quantitative estimate of drug-likeness (QED) is 0.0419. The Balaban J connectivity index is 1.80. The van der Waals surface area contributed by atoms with E-state index in [4.69, 9.17) is 0 Å². The molecule has 0 radical (unpaired) electrons. The van der Waals surface area contributed by atoms with Crippen LogP contribution in [-0.4, -0.2) is 0 Å². The number of rotatable bonds is 24. The molecule has 0 aliphatic rings. The zero-order valence-corrected chi connectivity index (χ0v) is 64.0. The van der Waals surface area contributed by atoms with E-state index in [9.17, 15) is 0 Å². The molecular weight excluding hydrogens is 1090 g/mol. The highest BCUT2D eigenvalue weighted by molar-refractivity contribution is 7.80. The van der Waals surface area contributed by atoms with Gasteiger partial charge in [-0.25, -0.2) is 0 Å². The predicted molar refractivity (Wildman–Crippen MR) is 405 cm³/mol. The van der Waals surface area contributed by atoms with Gasteiger partial charge in [0.2, 0.25) is 0 Å². The molecule has 6 aromatic carbocycles. The molecule has 6 aromatic rings. The lowest BCUT2D eigenvalue weighted by molar-refractivity contribution is 0.810. The summed E-state index contributed by atoms with van der Waals surface area (Å²) in [7, 11) is -2.05. The van der Waals surface area contributed by atoms with E-state index in [0.29, 0.717) is 94.7 Å². The Kier molecular flexibility index (Phi) is 25.0. The summed E-state index contributed by atoms with van der Waals surface area (Å²) in [5.41, 5.74) is 26.9. The smallest absolute Gasteiger partial charge is 0.00810 e. The molecule has 88 heavy (non-hydrogen) atoms. The van der Waals surface area contributed by atoms with Gasteiger partial charge in [0.15, 0.2) is 0 Å². The van der Waals surface area contributed by atoms with E-state index in [1.165, 1.54) is 55.6 Å². The van der Waals surface area contributed by atoms with Gasteiger partial charge in [-0.1, -0.05) is 307 Å². The van der Waals surface area contributed by atoms with Gasteiger partial charge >= 0.3 is 0 Å². The third kappa shape index (κ3) is 15.7. The molecule has 6 rings (SSSR count). The minimum atomic E-state index is -1.03. The van der Waals surface area contributed by atoms with Crippen LogP contribution in [0.4, 0.5) is 0 Å². The van der Waals surface area contributed by atoms with Gasteiger partial charge in [-0.2, -0.15) is 0 Å². The second-order valence-electron chi connectivity index (χ2n) is 31.8. The van der Waals surface area contributed by atoms with Crippen molar-refractivity contribution < 1.29 is 0 Å². The maximum absolute atomic E-state index is 2.64. The first-order valence-electron chi connectivity index (χ1n) is 35.3. The molecular formula is C86H126P2. The van der Waals surface area contributed by atoms with Crippen LogP contribution in [0.15, 0.2) is 72.8 Å². The summed E-state index contributed by atoms with van der Waals surface area (Å²) in [5, 5.41) is 9.68. The fourth-order valence-electron chi connectivity index (χ4n) is 13.4. The Morgan fingerprint density at radius 1 is 0.170 bits per heavy atom. The predicted octanol–water partition coefficient (Wildman–Crippen LogP) is 25.3. The summed E-state index contributed by atoms with van der Waals surface area (Å²) in [6.07, 6.45) is 5.00. The molecule has 2 heteroatoms. The van der Waals surface area contributed by atoms with Crippen LogP contribution in [0.2, 0.25) is 0 Å². The molecule has 0 bridgehead atoms. The summed E-state index contributed by atoms with van der Waals surface area (Å²) >= 11 is 0. The fraction of sp³-hybridized carbons (Fsp3) is 0.558. The van der Waals surface area contributed by atoms with Crippen molar-refractivity contribution in [2.24, 2.45) is 0 Å². The van der Waals surface area contributed by atoms with Crippen LogP contribution in [0.5, 0.6) is 0 Å². The number of benzene rings is 6. The fourth-order valence-corrected chi connectivity index (χ4v) is 21.8. The maximum atomic E-state index is 2.64. The molecule has 0 nitrogen and oxygen atoms in total. The molecule has 0 aliphatic carbocycles. The summed E-state index contributed by atoms with van der Waals surface area (Å²) in [5.74, 6) is 6.02. The number of hydrogen-bond donors (Lipinski definition) is 0. The van der Waals surface area contributed by atoms with Crippen LogP contribution in [-0.2, 0) is 0 Å². The lowest BCUT2D eigenvalue weighted by Gasteiger charge is -2.37. The summed E-state index contributed by atoms with van der Waals surface area (Å²) in [4.78, 5) is 0. The minimum absolute atomic E-state index is 0.312. The van der Waals surface area contributed by atoms with E-state index >= 15 is 0 Å². The second kappa shape index (κ2) is 30.1. The first kappa shape index (κ1) is 73.0. The van der Waals surface area contributed by atoms with E-state index in [2.05, 4.69) is 307 Å². The molecule has 0 amide bonds. The third-order valence-corrected chi connectivity index (χ3v) is 24.9. The molecule has 0 spiro atoms. The Bertz CT molecular complexity index is 2830. The van der Waals surface area contributed by atoms with Gasteiger partial charge in [0.1, 0.15) is 0 Å². The zero-order chi connectivity index (χ0) is 66.1. The topological polar surface area (TPSA) is 0 Å². The van der Waals surface area contributed by atoms with Gasteiger partial charge in [-0.3, -0.25) is 0 Å². The lowest BCUT2D eigenvalue weighted by Crippen LogP contribution is -2.35. The van der Waals surface area contributed by atoms with Crippen molar-refractivity contribution in [3.05, 3.63) is 173 Å². The van der Waals surface area contributed by atoms with Crippen LogP contribution in [0.3, 0.4) is 0 Å². The molecule has 0 fully saturated rings. The van der Waals surface area contributed by atoms with Gasteiger partial charge in [0.05, 0.1) is 0 Å². The summed E-state index contributed by atoms with van der Waals surface area (Å²) in [6, 6.07) is 31.6. The molecule has 0 aromatic heterocycles. The maximum Gasteiger partial charge on any atom is -0.00810 e. The van der Waals surface area contributed by atoms with Crippen molar-refractivity contribution in [2.75, 3.05) is 0 Å². The normalized spacial score (nSPS) is 13.0. The first-order valence-corrected chi connectivity index (χ1v) is 38.0. The van der Waals surface area contributed by atoms with Crippen LogP contribution >= 0.6 is 15.8 Å². The molecule has 0 N–H and O–H groups in total. The highest BCUT2D eigenvalue weighted by Crippen LogP contribution is 2.51. The van der Waals surface area contributed by atoms with Crippen molar-refractivity contribution in [3.8, 4) is 0 Å². The van der Waals surface area contributed by atoms with E-state index in [-0.39, 0.29) is 0 Å². The Labute approximate surface area is 545 Å². The van der Waals surface area contributed by atoms with E-state index in [0.717, 1.165) is 0 Å². The second-order valence-corrected chi connectivity index (χ2v) is 35.8. The standard InChI is InChI=1S/C86H126P2/c1-47(2)65-39-73(55(17)18)83(74(40-65)56(19)20)87(84-75(57(21)22)41-66(48(3)4)42-76(84)58(23)24)81-69(51(9)10)35-63(36-70(81)52(11)12)33-34-64-37-71(53(13)14)82(72(38-64)54(15)16)88(85-77(59(25)26)43-67(49(5)6)44-78(85)60(27)28)86-79(61(29)30)45-68(50(7)8)46-80(86)62(31)32/h33-62H,1-32H3/b34-33-. The monoisotopic (exact) mass is 1220 g/mol. The lowest BCUT2D eigenvalue weighted by atomic mass is 9.89. The average molecular weight is 1220 g/mol. The van der Waals surface area contributed by atoms with Gasteiger partial charge in [0.25, 0.3) is 0 Å². The minimum Gasteiger partial charge on any atom is -0.0587 e. The van der Waals surface area contributed by atoms with Crippen molar-refractivity contribution in [1.29, 1.82) is 0 Å². The summed E-state index contributed by atoms with van der Waals surface area (Å²) in [6.45, 7) is 78.3. The van der Waals surface area contributed by atoms with Crippen LogP contribution in [0.25, 0.3) is 12.2 Å². The summed E-state index contributed by atoms with van der Waals surface area (Å²) < 4.78 is 0. The van der Waals surface area contributed by atoms with Gasteiger partial charge in [-0.15, -0.1) is 0 Å².